The van der Waals surface area contributed by atoms with Crippen molar-refractivity contribution >= 4 is 11.3 Å². The van der Waals surface area contributed by atoms with Crippen LogP contribution in [0.4, 0.5) is 5.69 Å². The summed E-state index contributed by atoms with van der Waals surface area (Å²) in [5.41, 5.74) is 6.61. The molecule has 0 spiro atoms. The Morgan fingerprint density at radius 1 is 1.06 bits per heavy atom. The smallest absolute Gasteiger partial charge is 0.0487 e. The summed E-state index contributed by atoms with van der Waals surface area (Å²) in [5.74, 6) is 0. The van der Waals surface area contributed by atoms with Gasteiger partial charge >= 0.3 is 0 Å². The van der Waals surface area contributed by atoms with E-state index in [2.05, 4.69) is 75.2 Å². The van der Waals surface area contributed by atoms with Gasteiger partial charge in [-0.15, -0.1) is 0 Å². The summed E-state index contributed by atoms with van der Waals surface area (Å²) < 4.78 is 0. The van der Waals surface area contributed by atoms with Crippen molar-refractivity contribution in [3.8, 4) is 0 Å². The van der Waals surface area contributed by atoms with Crippen molar-refractivity contribution in [3.63, 3.8) is 0 Å². The van der Waals surface area contributed by atoms with Gasteiger partial charge in [0, 0.05) is 29.6 Å². The molecule has 18 heavy (non-hydrogen) atoms. The molecule has 1 aliphatic heterocycles. The zero-order chi connectivity index (χ0) is 13.1. The predicted molar refractivity (Wildman–Crippen MR) is 80.6 cm³/mol. The molecule has 0 amide bonds. The van der Waals surface area contributed by atoms with Gasteiger partial charge in [0.1, 0.15) is 0 Å². The summed E-state index contributed by atoms with van der Waals surface area (Å²) >= 11 is 0. The molecule has 94 valence electrons. The lowest BCUT2D eigenvalue weighted by molar-refractivity contribution is 1.08. The van der Waals surface area contributed by atoms with Gasteiger partial charge in [0.05, 0.1) is 0 Å². The number of allylic oxidation sites excluding steroid dienone is 4. The van der Waals surface area contributed by atoms with Gasteiger partial charge in [-0.05, 0) is 31.9 Å². The first-order valence-corrected chi connectivity index (χ1v) is 6.61. The first-order chi connectivity index (χ1) is 8.74. The zero-order valence-corrected chi connectivity index (χ0v) is 11.7. The van der Waals surface area contributed by atoms with Gasteiger partial charge in [-0.2, -0.15) is 0 Å². The average Bonchev–Trinajstić information content (AvgIpc) is 2.41. The number of fused-ring (bicyclic) bond motifs is 1. The molecule has 0 aliphatic carbocycles. The van der Waals surface area contributed by atoms with Crippen LogP contribution in [0.1, 0.15) is 32.8 Å². The van der Waals surface area contributed by atoms with Crippen LogP contribution in [0, 0.1) is 0 Å². The average molecular weight is 239 g/mol. The maximum atomic E-state index is 2.32. The quantitative estimate of drug-likeness (QED) is 0.681. The van der Waals surface area contributed by atoms with E-state index < -0.39 is 0 Å². The van der Waals surface area contributed by atoms with Gasteiger partial charge in [0.2, 0.25) is 0 Å². The Morgan fingerprint density at radius 3 is 2.39 bits per heavy atom. The van der Waals surface area contributed by atoms with E-state index in [1.54, 1.807) is 0 Å². The van der Waals surface area contributed by atoms with Crippen LogP contribution in [0.15, 0.2) is 53.8 Å². The van der Waals surface area contributed by atoms with Crippen LogP contribution in [0.25, 0.3) is 5.57 Å². The monoisotopic (exact) mass is 239 g/mol. The van der Waals surface area contributed by atoms with Crippen molar-refractivity contribution < 1.29 is 0 Å². The maximum Gasteiger partial charge on any atom is 0.0487 e. The van der Waals surface area contributed by atoms with Crippen LogP contribution < -0.4 is 4.90 Å². The van der Waals surface area contributed by atoms with Crippen molar-refractivity contribution in [2.24, 2.45) is 0 Å². The lowest BCUT2D eigenvalue weighted by Crippen LogP contribution is -2.24. The topological polar surface area (TPSA) is 3.24 Å². The normalized spacial score (nSPS) is 21.8. The Labute approximate surface area is 110 Å². The SMILES string of the molecule is CC=C1C(=C\C)/C(=C/CC)c2ccccc2N1C. The van der Waals surface area contributed by atoms with Gasteiger partial charge in [0.15, 0.2) is 0 Å². The van der Waals surface area contributed by atoms with Gasteiger partial charge in [0.25, 0.3) is 0 Å². The molecule has 0 saturated carbocycles. The lowest BCUT2D eigenvalue weighted by atomic mass is 9.88. The molecule has 1 aromatic carbocycles. The molecular formula is C17H21N. The predicted octanol–water partition coefficient (Wildman–Crippen LogP) is 4.78. The van der Waals surface area contributed by atoms with Gasteiger partial charge in [-0.3, -0.25) is 0 Å². The Kier molecular flexibility index (Phi) is 3.71. The molecule has 1 heterocycles. The highest BCUT2D eigenvalue weighted by atomic mass is 15.1. The number of likely N-dealkylation sites (N-methyl/N-ethyl adjacent to an activating group) is 1. The van der Waals surface area contributed by atoms with Crippen molar-refractivity contribution in [1.29, 1.82) is 0 Å². The van der Waals surface area contributed by atoms with Gasteiger partial charge in [-0.25, -0.2) is 0 Å². The Balaban J connectivity index is 2.73. The van der Waals surface area contributed by atoms with Crippen LogP contribution in [-0.4, -0.2) is 7.05 Å². The number of para-hydroxylation sites is 1. The summed E-state index contributed by atoms with van der Waals surface area (Å²) in [7, 11) is 2.14. The summed E-state index contributed by atoms with van der Waals surface area (Å²) in [6, 6.07) is 8.62. The molecule has 0 unspecified atom stereocenters. The Morgan fingerprint density at radius 2 is 1.78 bits per heavy atom. The molecule has 0 atom stereocenters. The summed E-state index contributed by atoms with van der Waals surface area (Å²) in [6.07, 6.45) is 7.78. The van der Waals surface area contributed by atoms with E-state index in [4.69, 9.17) is 0 Å². The molecule has 0 aromatic heterocycles. The fraction of sp³-hybridized carbons (Fsp3) is 0.294. The standard InChI is InChI=1S/C17H21N/c1-5-10-14-13(6-2)16(7-3)18(4)17-12-9-8-11-15(14)17/h6-12H,5H2,1-4H3/b13-6-,14-10-,16-7?. The number of anilines is 1. The molecule has 0 radical (unpaired) electrons. The van der Waals surface area contributed by atoms with Crippen LogP contribution >= 0.6 is 0 Å². The van der Waals surface area contributed by atoms with E-state index in [9.17, 15) is 0 Å². The number of rotatable bonds is 1. The fourth-order valence-electron chi connectivity index (χ4n) is 2.66. The molecule has 1 nitrogen and oxygen atoms in total. The van der Waals surface area contributed by atoms with Crippen molar-refractivity contribution in [1.82, 2.24) is 0 Å². The highest BCUT2D eigenvalue weighted by molar-refractivity contribution is 5.94. The molecule has 1 aromatic rings. The van der Waals surface area contributed by atoms with E-state index in [1.165, 1.54) is 28.1 Å². The molecule has 1 heteroatoms. The summed E-state index contributed by atoms with van der Waals surface area (Å²) in [6.45, 7) is 6.41. The molecule has 0 saturated heterocycles. The molecule has 1 aliphatic rings. The molecule has 0 N–H and O–H groups in total. The largest absolute Gasteiger partial charge is 0.344 e. The van der Waals surface area contributed by atoms with E-state index in [1.807, 2.05) is 0 Å². The first-order valence-electron chi connectivity index (χ1n) is 6.61. The first kappa shape index (κ1) is 12.7. The highest BCUT2D eigenvalue weighted by Crippen LogP contribution is 2.42. The molecule has 0 bridgehead atoms. The maximum absolute atomic E-state index is 2.32. The van der Waals surface area contributed by atoms with E-state index >= 15 is 0 Å². The second kappa shape index (κ2) is 5.26. The van der Waals surface area contributed by atoms with Crippen LogP contribution in [0.3, 0.4) is 0 Å². The number of hydrogen-bond acceptors (Lipinski definition) is 1. The number of benzene rings is 1. The minimum atomic E-state index is 1.06. The highest BCUT2D eigenvalue weighted by Gasteiger charge is 2.24. The van der Waals surface area contributed by atoms with E-state index in [0.717, 1.165) is 6.42 Å². The molecule has 2 rings (SSSR count). The third-order valence-electron chi connectivity index (χ3n) is 3.45. The van der Waals surface area contributed by atoms with E-state index in [0.29, 0.717) is 0 Å². The lowest BCUT2D eigenvalue weighted by Gasteiger charge is -2.34. The third kappa shape index (κ3) is 1.90. The summed E-state index contributed by atoms with van der Waals surface area (Å²) in [4.78, 5) is 2.28. The van der Waals surface area contributed by atoms with Crippen LogP contribution in [0.2, 0.25) is 0 Å². The van der Waals surface area contributed by atoms with Crippen LogP contribution in [0.5, 0.6) is 0 Å². The third-order valence-corrected chi connectivity index (χ3v) is 3.45. The number of nitrogens with zero attached hydrogens (tertiary/aromatic N) is 1. The molecular weight excluding hydrogens is 218 g/mol. The Bertz CT molecular complexity index is 532. The second-order valence-electron chi connectivity index (χ2n) is 4.48. The number of hydrogen-bond donors (Lipinski definition) is 0. The van der Waals surface area contributed by atoms with Crippen LogP contribution in [-0.2, 0) is 0 Å². The van der Waals surface area contributed by atoms with Crippen molar-refractivity contribution in [2.75, 3.05) is 11.9 Å². The minimum absolute atomic E-state index is 1.06. The Hall–Kier alpha value is -1.76. The molecule has 0 fully saturated rings. The van der Waals surface area contributed by atoms with Gasteiger partial charge in [-0.1, -0.05) is 43.4 Å². The minimum Gasteiger partial charge on any atom is -0.344 e. The summed E-state index contributed by atoms with van der Waals surface area (Å²) in [5, 5.41) is 0. The van der Waals surface area contributed by atoms with Gasteiger partial charge < -0.3 is 4.90 Å². The van der Waals surface area contributed by atoms with Crippen molar-refractivity contribution in [2.45, 2.75) is 27.2 Å². The fourth-order valence-corrected chi connectivity index (χ4v) is 2.66. The van der Waals surface area contributed by atoms with Crippen molar-refractivity contribution in [3.05, 3.63) is 59.3 Å². The van der Waals surface area contributed by atoms with E-state index in [-0.39, 0.29) is 0 Å². The zero-order valence-electron chi connectivity index (χ0n) is 11.7. The second-order valence-corrected chi connectivity index (χ2v) is 4.48.